The van der Waals surface area contributed by atoms with Gasteiger partial charge in [-0.25, -0.2) is 0 Å². The molecule has 1 fully saturated rings. The van der Waals surface area contributed by atoms with E-state index >= 15 is 0 Å². The Bertz CT molecular complexity index is 244. The number of carbonyl (C=O) groups excluding carboxylic acids is 2. The molecule has 3 heteroatoms. The van der Waals surface area contributed by atoms with Crippen molar-refractivity contribution in [3.8, 4) is 0 Å². The monoisotopic (exact) mass is 165 g/mol. The van der Waals surface area contributed by atoms with E-state index < -0.39 is 0 Å². The van der Waals surface area contributed by atoms with Gasteiger partial charge in [-0.15, -0.1) is 0 Å². The first-order valence-corrected chi connectivity index (χ1v) is 4.18. The average Bonchev–Trinajstić information content (AvgIpc) is 2.33. The van der Waals surface area contributed by atoms with E-state index in [1.165, 1.54) is 4.90 Å². The Kier molecular flexibility index (Phi) is 1.53. The lowest BCUT2D eigenvalue weighted by molar-refractivity contribution is -0.138. The summed E-state index contributed by atoms with van der Waals surface area (Å²) < 4.78 is 0. The Morgan fingerprint density at radius 3 is 2.00 bits per heavy atom. The van der Waals surface area contributed by atoms with E-state index in [9.17, 15) is 9.59 Å². The van der Waals surface area contributed by atoms with Crippen LogP contribution in [0.2, 0.25) is 0 Å². The van der Waals surface area contributed by atoms with Crippen LogP contribution in [0.4, 0.5) is 0 Å². The van der Waals surface area contributed by atoms with Crippen LogP contribution in [-0.2, 0) is 9.59 Å². The number of carbonyl (C=O) groups is 2. The summed E-state index contributed by atoms with van der Waals surface area (Å²) in [6, 6.07) is 0. The zero-order valence-electron chi connectivity index (χ0n) is 6.99. The van der Waals surface area contributed by atoms with E-state index in [-0.39, 0.29) is 23.7 Å². The number of fused-ring (bicyclic) bond motifs is 1. The van der Waals surface area contributed by atoms with Crippen molar-refractivity contribution < 1.29 is 9.59 Å². The summed E-state index contributed by atoms with van der Waals surface area (Å²) in [6.07, 6.45) is 5.45. The standard InChI is InChI=1S/C9H11NO2/c1-10-8(11)6-4-2-3-5-7(6)9(10)12/h2-3,6-7H,4-5H2,1H3/t6-,7+. The number of imide groups is 1. The number of nitrogens with zero attached hydrogens (tertiary/aromatic N) is 1. The van der Waals surface area contributed by atoms with Gasteiger partial charge in [-0.3, -0.25) is 14.5 Å². The van der Waals surface area contributed by atoms with Crippen LogP contribution < -0.4 is 0 Å². The van der Waals surface area contributed by atoms with Gasteiger partial charge in [-0.2, -0.15) is 0 Å². The van der Waals surface area contributed by atoms with E-state index in [2.05, 4.69) is 0 Å². The molecular weight excluding hydrogens is 154 g/mol. The van der Waals surface area contributed by atoms with E-state index in [0.717, 1.165) is 12.8 Å². The third kappa shape index (κ3) is 0.823. The lowest BCUT2D eigenvalue weighted by atomic mass is 9.85. The third-order valence-electron chi connectivity index (χ3n) is 2.73. The zero-order chi connectivity index (χ0) is 8.72. The van der Waals surface area contributed by atoms with Crippen LogP contribution in [0, 0.1) is 11.8 Å². The lowest BCUT2D eigenvalue weighted by Gasteiger charge is -2.14. The molecular formula is C9H11NO2. The van der Waals surface area contributed by atoms with Gasteiger partial charge in [0.25, 0.3) is 0 Å². The quantitative estimate of drug-likeness (QED) is 0.388. The van der Waals surface area contributed by atoms with E-state index in [1.54, 1.807) is 7.05 Å². The highest BCUT2D eigenvalue weighted by Crippen LogP contribution is 2.33. The van der Waals surface area contributed by atoms with E-state index in [1.807, 2.05) is 12.2 Å². The second-order valence-electron chi connectivity index (χ2n) is 3.39. The second-order valence-corrected chi connectivity index (χ2v) is 3.39. The van der Waals surface area contributed by atoms with Crippen molar-refractivity contribution in [1.82, 2.24) is 4.90 Å². The number of hydrogen-bond donors (Lipinski definition) is 0. The SMILES string of the molecule is CN1C(=O)[C@H]2CC=CC[C@H]2C1=O. The van der Waals surface area contributed by atoms with Crippen molar-refractivity contribution in [2.45, 2.75) is 12.8 Å². The average molecular weight is 165 g/mol. The minimum absolute atomic E-state index is 0.00523. The highest BCUT2D eigenvalue weighted by molar-refractivity contribution is 6.05. The summed E-state index contributed by atoms with van der Waals surface area (Å²) in [5.74, 6) is -0.135. The van der Waals surface area contributed by atoms with Crippen LogP contribution in [0.5, 0.6) is 0 Å². The van der Waals surface area contributed by atoms with Crippen LogP contribution in [0.15, 0.2) is 12.2 Å². The molecule has 1 saturated heterocycles. The molecule has 0 bridgehead atoms. The summed E-state index contributed by atoms with van der Waals surface area (Å²) >= 11 is 0. The Hall–Kier alpha value is -1.12. The van der Waals surface area contributed by atoms with Gasteiger partial charge in [0.15, 0.2) is 0 Å². The van der Waals surface area contributed by atoms with Gasteiger partial charge in [-0.05, 0) is 12.8 Å². The summed E-state index contributed by atoms with van der Waals surface area (Å²) in [6.45, 7) is 0. The number of rotatable bonds is 0. The molecule has 12 heavy (non-hydrogen) atoms. The molecule has 0 saturated carbocycles. The van der Waals surface area contributed by atoms with E-state index in [4.69, 9.17) is 0 Å². The highest BCUT2D eigenvalue weighted by Gasteiger charge is 2.45. The van der Waals surface area contributed by atoms with Crippen LogP contribution in [0.1, 0.15) is 12.8 Å². The molecule has 2 atom stereocenters. The number of hydrogen-bond acceptors (Lipinski definition) is 2. The smallest absolute Gasteiger partial charge is 0.233 e. The molecule has 0 unspecified atom stereocenters. The van der Waals surface area contributed by atoms with Crippen molar-refractivity contribution in [2.75, 3.05) is 7.05 Å². The van der Waals surface area contributed by atoms with Crippen LogP contribution >= 0.6 is 0 Å². The Labute approximate surface area is 71.0 Å². The molecule has 1 heterocycles. The zero-order valence-corrected chi connectivity index (χ0v) is 6.99. The second kappa shape index (κ2) is 2.44. The fraction of sp³-hybridized carbons (Fsp3) is 0.556. The fourth-order valence-electron chi connectivity index (χ4n) is 1.97. The molecule has 2 aliphatic rings. The van der Waals surface area contributed by atoms with Crippen molar-refractivity contribution in [1.29, 1.82) is 0 Å². The molecule has 1 aliphatic heterocycles. The number of allylic oxidation sites excluding steroid dienone is 2. The first kappa shape index (κ1) is 7.53. The molecule has 2 rings (SSSR count). The summed E-state index contributed by atoms with van der Waals surface area (Å²) in [5, 5.41) is 0. The lowest BCUT2D eigenvalue weighted by Crippen LogP contribution is -2.25. The fourth-order valence-corrected chi connectivity index (χ4v) is 1.97. The molecule has 3 nitrogen and oxygen atoms in total. The summed E-state index contributed by atoms with van der Waals surface area (Å²) in [5.41, 5.74) is 0. The van der Waals surface area contributed by atoms with Crippen molar-refractivity contribution >= 4 is 11.8 Å². The molecule has 2 amide bonds. The Balaban J connectivity index is 2.31. The van der Waals surface area contributed by atoms with Gasteiger partial charge in [0, 0.05) is 7.05 Å². The molecule has 64 valence electrons. The minimum atomic E-state index is -0.0625. The third-order valence-corrected chi connectivity index (χ3v) is 2.73. The Morgan fingerprint density at radius 1 is 1.17 bits per heavy atom. The molecule has 0 aromatic rings. The van der Waals surface area contributed by atoms with Gasteiger partial charge < -0.3 is 0 Å². The Morgan fingerprint density at radius 2 is 1.58 bits per heavy atom. The molecule has 0 spiro atoms. The minimum Gasteiger partial charge on any atom is -0.285 e. The summed E-state index contributed by atoms with van der Waals surface area (Å²) in [4.78, 5) is 24.1. The summed E-state index contributed by atoms with van der Waals surface area (Å²) in [7, 11) is 1.57. The molecule has 0 N–H and O–H groups in total. The van der Waals surface area contributed by atoms with Gasteiger partial charge in [0.2, 0.25) is 11.8 Å². The normalized spacial score (nSPS) is 34.2. The van der Waals surface area contributed by atoms with Crippen molar-refractivity contribution in [3.05, 3.63) is 12.2 Å². The molecule has 0 aromatic heterocycles. The van der Waals surface area contributed by atoms with Crippen LogP contribution in [-0.4, -0.2) is 23.8 Å². The predicted molar refractivity (Wildman–Crippen MR) is 43.1 cm³/mol. The van der Waals surface area contributed by atoms with Crippen molar-refractivity contribution in [3.63, 3.8) is 0 Å². The van der Waals surface area contributed by atoms with Gasteiger partial charge in [0.1, 0.15) is 0 Å². The molecule has 1 aliphatic carbocycles. The topological polar surface area (TPSA) is 37.4 Å². The largest absolute Gasteiger partial charge is 0.285 e. The number of likely N-dealkylation sites (tertiary alicyclic amines) is 1. The predicted octanol–water partition coefficient (Wildman–Crippen LogP) is 0.567. The first-order valence-electron chi connectivity index (χ1n) is 4.18. The first-order chi connectivity index (χ1) is 5.72. The maximum Gasteiger partial charge on any atom is 0.233 e. The van der Waals surface area contributed by atoms with Gasteiger partial charge in [0.05, 0.1) is 11.8 Å². The van der Waals surface area contributed by atoms with Crippen LogP contribution in [0.3, 0.4) is 0 Å². The highest BCUT2D eigenvalue weighted by atomic mass is 16.2. The maximum absolute atomic E-state index is 11.4. The van der Waals surface area contributed by atoms with Gasteiger partial charge in [-0.1, -0.05) is 12.2 Å². The maximum atomic E-state index is 11.4. The van der Waals surface area contributed by atoms with E-state index in [0.29, 0.717) is 0 Å². The van der Waals surface area contributed by atoms with Crippen molar-refractivity contribution in [2.24, 2.45) is 11.8 Å². The molecule has 0 aromatic carbocycles. The number of amides is 2. The van der Waals surface area contributed by atoms with Crippen LogP contribution in [0.25, 0.3) is 0 Å². The molecule has 0 radical (unpaired) electrons. The van der Waals surface area contributed by atoms with Gasteiger partial charge >= 0.3 is 0 Å².